The lowest BCUT2D eigenvalue weighted by Gasteiger charge is -2.30. The van der Waals surface area contributed by atoms with Crippen LogP contribution in [0.2, 0.25) is 0 Å². The number of nitrogens with zero attached hydrogens (tertiary/aromatic N) is 1. The molecule has 1 aliphatic rings. The van der Waals surface area contributed by atoms with Gasteiger partial charge in [-0.2, -0.15) is 0 Å². The van der Waals surface area contributed by atoms with Crippen LogP contribution < -0.4 is 10.6 Å². The van der Waals surface area contributed by atoms with Crippen molar-refractivity contribution in [3.8, 4) is 0 Å². The fraction of sp³-hybridized carbons (Fsp3) is 0.250. The molecule has 7 heteroatoms. The number of carboxylic acids is 1. The van der Waals surface area contributed by atoms with E-state index in [4.69, 9.17) is 5.11 Å². The van der Waals surface area contributed by atoms with Gasteiger partial charge in [-0.15, -0.1) is 0 Å². The van der Waals surface area contributed by atoms with E-state index in [1.165, 1.54) is 4.90 Å². The van der Waals surface area contributed by atoms with Crippen molar-refractivity contribution in [3.05, 3.63) is 60.2 Å². The molecule has 1 aliphatic heterocycles. The number of benzene rings is 2. The number of amides is 3. The molecule has 0 aliphatic carbocycles. The molecule has 1 fully saturated rings. The molecular formula is C20H21N3O4. The highest BCUT2D eigenvalue weighted by Gasteiger charge is 2.28. The maximum absolute atomic E-state index is 12.4. The fourth-order valence-electron chi connectivity index (χ4n) is 3.03. The molecule has 1 unspecified atom stereocenters. The molecule has 1 saturated heterocycles. The lowest BCUT2D eigenvalue weighted by Crippen LogP contribution is -2.44. The van der Waals surface area contributed by atoms with Crippen molar-refractivity contribution < 1.29 is 19.5 Å². The largest absolute Gasteiger partial charge is 0.481 e. The minimum Gasteiger partial charge on any atom is -0.481 e. The van der Waals surface area contributed by atoms with Crippen molar-refractivity contribution in [1.29, 1.82) is 0 Å². The highest BCUT2D eigenvalue weighted by Crippen LogP contribution is 2.20. The third kappa shape index (κ3) is 4.84. The molecule has 0 bridgehead atoms. The van der Waals surface area contributed by atoms with E-state index in [9.17, 15) is 14.4 Å². The molecule has 0 spiro atoms. The molecule has 7 nitrogen and oxygen atoms in total. The summed E-state index contributed by atoms with van der Waals surface area (Å²) >= 11 is 0. The molecule has 3 N–H and O–H groups in total. The van der Waals surface area contributed by atoms with Gasteiger partial charge in [-0.1, -0.05) is 24.3 Å². The summed E-state index contributed by atoms with van der Waals surface area (Å²) in [7, 11) is 0. The van der Waals surface area contributed by atoms with Crippen molar-refractivity contribution in [3.63, 3.8) is 0 Å². The van der Waals surface area contributed by atoms with Crippen LogP contribution in [0.5, 0.6) is 0 Å². The third-order valence-electron chi connectivity index (χ3n) is 4.47. The summed E-state index contributed by atoms with van der Waals surface area (Å²) in [5.74, 6) is -1.64. The number of anilines is 2. The number of rotatable bonds is 4. The Morgan fingerprint density at radius 3 is 2.37 bits per heavy atom. The number of carbonyl (C=O) groups is 3. The van der Waals surface area contributed by atoms with Crippen LogP contribution in [-0.4, -0.2) is 41.0 Å². The van der Waals surface area contributed by atoms with E-state index in [-0.39, 0.29) is 18.5 Å². The predicted octanol–water partition coefficient (Wildman–Crippen LogP) is 3.27. The van der Waals surface area contributed by atoms with Crippen LogP contribution in [-0.2, 0) is 4.79 Å². The maximum atomic E-state index is 12.4. The van der Waals surface area contributed by atoms with Crippen molar-refractivity contribution >= 4 is 29.3 Å². The van der Waals surface area contributed by atoms with Crippen molar-refractivity contribution in [2.45, 2.75) is 12.8 Å². The van der Waals surface area contributed by atoms with Gasteiger partial charge in [-0.25, -0.2) is 4.79 Å². The number of aliphatic carboxylic acids is 1. The molecule has 2 aromatic rings. The summed E-state index contributed by atoms with van der Waals surface area (Å²) in [6.07, 6.45) is 1.25. The molecule has 3 amide bonds. The van der Waals surface area contributed by atoms with Gasteiger partial charge in [0.15, 0.2) is 0 Å². The second-order valence-corrected chi connectivity index (χ2v) is 6.45. The van der Waals surface area contributed by atoms with E-state index >= 15 is 0 Å². The first-order valence-corrected chi connectivity index (χ1v) is 8.78. The number of hydrogen-bond acceptors (Lipinski definition) is 3. The zero-order valence-corrected chi connectivity index (χ0v) is 14.7. The normalized spacial score (nSPS) is 16.4. The number of carboxylic acid groups (broad SMARTS) is 1. The number of piperidine rings is 1. The van der Waals surface area contributed by atoms with Crippen molar-refractivity contribution in [2.24, 2.45) is 5.92 Å². The molecule has 3 rings (SSSR count). The first-order chi connectivity index (χ1) is 13.0. The Labute approximate surface area is 157 Å². The van der Waals surface area contributed by atoms with Crippen LogP contribution in [0.1, 0.15) is 23.2 Å². The third-order valence-corrected chi connectivity index (χ3v) is 4.47. The first kappa shape index (κ1) is 18.4. The van der Waals surface area contributed by atoms with E-state index in [2.05, 4.69) is 10.6 Å². The summed E-state index contributed by atoms with van der Waals surface area (Å²) in [6, 6.07) is 15.3. The van der Waals surface area contributed by atoms with E-state index < -0.39 is 11.9 Å². The van der Waals surface area contributed by atoms with Gasteiger partial charge < -0.3 is 20.6 Å². The molecule has 1 atom stereocenters. The molecule has 2 aromatic carbocycles. The van der Waals surface area contributed by atoms with E-state index in [0.717, 1.165) is 0 Å². The Balaban J connectivity index is 1.62. The number of urea groups is 1. The molecule has 27 heavy (non-hydrogen) atoms. The quantitative estimate of drug-likeness (QED) is 0.772. The lowest BCUT2D eigenvalue weighted by molar-refractivity contribution is -0.143. The molecule has 140 valence electrons. The average molecular weight is 367 g/mol. The van der Waals surface area contributed by atoms with Gasteiger partial charge in [-0.05, 0) is 43.2 Å². The summed E-state index contributed by atoms with van der Waals surface area (Å²) in [6.45, 7) is 0.728. The SMILES string of the molecule is O=C(Nc1cccc(NC(=O)N2CCCC(C(=O)O)C2)c1)c1ccccc1. The highest BCUT2D eigenvalue weighted by molar-refractivity contribution is 6.04. The van der Waals surface area contributed by atoms with Gasteiger partial charge in [0, 0.05) is 30.0 Å². The van der Waals surface area contributed by atoms with Crippen LogP contribution in [0.4, 0.5) is 16.2 Å². The Morgan fingerprint density at radius 2 is 1.67 bits per heavy atom. The number of hydrogen-bond donors (Lipinski definition) is 3. The smallest absolute Gasteiger partial charge is 0.321 e. The Bertz CT molecular complexity index is 838. The highest BCUT2D eigenvalue weighted by atomic mass is 16.4. The fourth-order valence-corrected chi connectivity index (χ4v) is 3.03. The van der Waals surface area contributed by atoms with Crippen LogP contribution in [0.3, 0.4) is 0 Å². The molecule has 0 radical (unpaired) electrons. The zero-order chi connectivity index (χ0) is 19.2. The topological polar surface area (TPSA) is 98.7 Å². The van der Waals surface area contributed by atoms with Crippen LogP contribution in [0.25, 0.3) is 0 Å². The van der Waals surface area contributed by atoms with Crippen molar-refractivity contribution in [1.82, 2.24) is 4.90 Å². The monoisotopic (exact) mass is 367 g/mol. The lowest BCUT2D eigenvalue weighted by atomic mass is 9.99. The van der Waals surface area contributed by atoms with Gasteiger partial charge in [0.05, 0.1) is 5.92 Å². The van der Waals surface area contributed by atoms with Crippen LogP contribution in [0, 0.1) is 5.92 Å². The summed E-state index contributed by atoms with van der Waals surface area (Å²) in [5, 5.41) is 14.7. The maximum Gasteiger partial charge on any atom is 0.321 e. The second-order valence-electron chi connectivity index (χ2n) is 6.45. The second kappa shape index (κ2) is 8.35. The first-order valence-electron chi connectivity index (χ1n) is 8.78. The van der Waals surface area contributed by atoms with Gasteiger partial charge in [0.2, 0.25) is 0 Å². The number of likely N-dealkylation sites (tertiary alicyclic amines) is 1. The number of nitrogens with one attached hydrogen (secondary N) is 2. The van der Waals surface area contributed by atoms with Gasteiger partial charge in [0.25, 0.3) is 5.91 Å². The van der Waals surface area contributed by atoms with E-state index in [1.54, 1.807) is 48.5 Å². The predicted molar refractivity (Wildman–Crippen MR) is 102 cm³/mol. The van der Waals surface area contributed by atoms with E-state index in [1.807, 2.05) is 6.07 Å². The summed E-state index contributed by atoms with van der Waals surface area (Å²) in [4.78, 5) is 37.3. The van der Waals surface area contributed by atoms with Gasteiger partial charge in [-0.3, -0.25) is 9.59 Å². The van der Waals surface area contributed by atoms with Crippen LogP contribution >= 0.6 is 0 Å². The summed E-state index contributed by atoms with van der Waals surface area (Å²) in [5.41, 5.74) is 1.63. The standard InChI is InChI=1S/C20H21N3O4/c24-18(14-6-2-1-3-7-14)21-16-9-4-10-17(12-16)22-20(27)23-11-5-8-15(13-23)19(25)26/h1-4,6-7,9-10,12,15H,5,8,11,13H2,(H,21,24)(H,22,27)(H,25,26). The van der Waals surface area contributed by atoms with Gasteiger partial charge in [0.1, 0.15) is 0 Å². The molecule has 0 aromatic heterocycles. The Kier molecular flexibility index (Phi) is 5.71. The minimum absolute atomic E-state index is 0.200. The summed E-state index contributed by atoms with van der Waals surface area (Å²) < 4.78 is 0. The van der Waals surface area contributed by atoms with Gasteiger partial charge >= 0.3 is 12.0 Å². The van der Waals surface area contributed by atoms with Crippen molar-refractivity contribution in [2.75, 3.05) is 23.7 Å². The van der Waals surface area contributed by atoms with E-state index in [0.29, 0.717) is 36.3 Å². The Hall–Kier alpha value is -3.35. The average Bonchev–Trinajstić information content (AvgIpc) is 2.69. The van der Waals surface area contributed by atoms with Crippen LogP contribution in [0.15, 0.2) is 54.6 Å². The molecular weight excluding hydrogens is 346 g/mol. The Morgan fingerprint density at radius 1 is 0.963 bits per heavy atom. The molecule has 0 saturated carbocycles. The minimum atomic E-state index is -0.877. The number of carbonyl (C=O) groups excluding carboxylic acids is 2. The molecule has 1 heterocycles. The zero-order valence-electron chi connectivity index (χ0n) is 14.7.